The number of amides is 1. The number of pyridine rings is 1. The first kappa shape index (κ1) is 19.4. The quantitative estimate of drug-likeness (QED) is 0.683. The van der Waals surface area contributed by atoms with Gasteiger partial charge in [0.2, 0.25) is 0 Å². The molecule has 1 aromatic carbocycles. The lowest BCUT2D eigenvalue weighted by Gasteiger charge is -2.13. The lowest BCUT2D eigenvalue weighted by Crippen LogP contribution is -2.27. The number of aromatic nitrogens is 2. The Kier molecular flexibility index (Phi) is 5.62. The average molecular weight is 391 g/mol. The van der Waals surface area contributed by atoms with Gasteiger partial charge < -0.3 is 14.6 Å². The first-order valence-electron chi connectivity index (χ1n) is 8.30. The minimum absolute atomic E-state index is 0.0106. The van der Waals surface area contributed by atoms with Gasteiger partial charge in [0.25, 0.3) is 5.91 Å². The molecule has 0 saturated heterocycles. The van der Waals surface area contributed by atoms with Crippen molar-refractivity contribution in [3.8, 4) is 17.1 Å². The summed E-state index contributed by atoms with van der Waals surface area (Å²) in [6.07, 6.45) is -3.25. The van der Waals surface area contributed by atoms with E-state index in [4.69, 9.17) is 4.52 Å². The van der Waals surface area contributed by atoms with E-state index in [9.17, 15) is 18.0 Å². The first-order valence-corrected chi connectivity index (χ1v) is 8.30. The molecule has 0 bridgehead atoms. The molecule has 0 unspecified atom stereocenters. The van der Waals surface area contributed by atoms with E-state index in [0.717, 1.165) is 5.56 Å². The summed E-state index contributed by atoms with van der Waals surface area (Å²) in [5.41, 5.74) is 1.36. The number of rotatable bonds is 6. The van der Waals surface area contributed by atoms with E-state index in [1.807, 2.05) is 30.3 Å². The summed E-state index contributed by atoms with van der Waals surface area (Å²) in [6.45, 7) is 0.297. The van der Waals surface area contributed by atoms with E-state index in [1.54, 1.807) is 6.92 Å². The van der Waals surface area contributed by atoms with Crippen LogP contribution in [0.15, 0.2) is 59.3 Å². The molecule has 146 valence electrons. The van der Waals surface area contributed by atoms with Crippen LogP contribution < -0.4 is 10.1 Å². The highest BCUT2D eigenvalue weighted by Gasteiger charge is 2.28. The van der Waals surface area contributed by atoms with Crippen LogP contribution in [0.5, 0.6) is 5.75 Å². The third-order valence-corrected chi connectivity index (χ3v) is 3.75. The van der Waals surface area contributed by atoms with Gasteiger partial charge in [0.05, 0.1) is 17.9 Å². The maximum absolute atomic E-state index is 12.3. The molecule has 0 aliphatic carbocycles. The molecule has 2 heterocycles. The number of carbonyl (C=O) groups is 1. The van der Waals surface area contributed by atoms with Gasteiger partial charge in [0.15, 0.2) is 18.1 Å². The summed E-state index contributed by atoms with van der Waals surface area (Å²) in [5.74, 6) is -0.0103. The number of nitrogens with zero attached hydrogens (tertiary/aromatic N) is 2. The van der Waals surface area contributed by atoms with Crippen molar-refractivity contribution in [2.45, 2.75) is 19.1 Å². The van der Waals surface area contributed by atoms with E-state index < -0.39 is 24.7 Å². The number of nitrogens with one attached hydrogen (secondary N) is 1. The Hall–Kier alpha value is -3.36. The Morgan fingerprint density at radius 1 is 1.21 bits per heavy atom. The second-order valence-corrected chi connectivity index (χ2v) is 5.96. The van der Waals surface area contributed by atoms with Gasteiger partial charge in [-0.2, -0.15) is 13.2 Å². The molecule has 9 heteroatoms. The number of hydrogen-bond donors (Lipinski definition) is 1. The fourth-order valence-corrected chi connectivity index (χ4v) is 2.36. The second kappa shape index (κ2) is 8.12. The second-order valence-electron chi connectivity index (χ2n) is 5.96. The van der Waals surface area contributed by atoms with Crippen molar-refractivity contribution >= 4 is 5.91 Å². The number of hydrogen-bond acceptors (Lipinski definition) is 5. The molecule has 0 aliphatic heterocycles. The number of alkyl halides is 3. The Morgan fingerprint density at radius 2 is 1.96 bits per heavy atom. The molecule has 3 rings (SSSR count). The van der Waals surface area contributed by atoms with Gasteiger partial charge in [0.1, 0.15) is 5.75 Å². The summed E-state index contributed by atoms with van der Waals surface area (Å²) >= 11 is 0. The van der Waals surface area contributed by atoms with Crippen LogP contribution in [-0.4, -0.2) is 28.8 Å². The van der Waals surface area contributed by atoms with E-state index >= 15 is 0 Å². The van der Waals surface area contributed by atoms with Crippen molar-refractivity contribution in [1.29, 1.82) is 0 Å². The maximum Gasteiger partial charge on any atom is 0.422 e. The zero-order valence-electron chi connectivity index (χ0n) is 14.7. The number of benzene rings is 1. The van der Waals surface area contributed by atoms with Crippen molar-refractivity contribution < 1.29 is 27.2 Å². The zero-order chi connectivity index (χ0) is 20.1. The minimum Gasteiger partial charge on any atom is -0.483 e. The maximum atomic E-state index is 12.3. The van der Waals surface area contributed by atoms with E-state index in [-0.39, 0.29) is 11.4 Å². The van der Waals surface area contributed by atoms with Crippen LogP contribution in [0.3, 0.4) is 0 Å². The summed E-state index contributed by atoms with van der Waals surface area (Å²) in [6, 6.07) is 13.1. The van der Waals surface area contributed by atoms with Gasteiger partial charge in [-0.05, 0) is 19.1 Å². The van der Waals surface area contributed by atoms with Crippen LogP contribution in [0.25, 0.3) is 11.3 Å². The van der Waals surface area contributed by atoms with Crippen LogP contribution in [0.1, 0.15) is 29.1 Å². The molecular formula is C19H16F3N3O3. The Balaban J connectivity index is 1.60. The molecule has 0 fully saturated rings. The molecule has 0 saturated carbocycles. The fourth-order valence-electron chi connectivity index (χ4n) is 2.36. The Bertz CT molecular complexity index is 925. The molecular weight excluding hydrogens is 375 g/mol. The van der Waals surface area contributed by atoms with Gasteiger partial charge in [-0.25, -0.2) is 0 Å². The number of ether oxygens (including phenoxy) is 1. The van der Waals surface area contributed by atoms with Crippen molar-refractivity contribution in [2.24, 2.45) is 0 Å². The van der Waals surface area contributed by atoms with Crippen LogP contribution >= 0.6 is 0 Å². The highest BCUT2D eigenvalue weighted by atomic mass is 19.4. The molecule has 0 spiro atoms. The molecule has 0 aliphatic rings. The lowest BCUT2D eigenvalue weighted by atomic mass is 10.1. The SMILES string of the molecule is C[C@@H](NC(=O)c1cc(-c2ccccc2)on1)c1ccc(OCC(F)(F)F)cn1. The molecule has 1 amide bonds. The highest BCUT2D eigenvalue weighted by Crippen LogP contribution is 2.21. The Labute approximate surface area is 158 Å². The van der Waals surface area contributed by atoms with Gasteiger partial charge in [0, 0.05) is 11.6 Å². The normalized spacial score (nSPS) is 12.4. The highest BCUT2D eigenvalue weighted by molar-refractivity contribution is 5.93. The van der Waals surface area contributed by atoms with Crippen molar-refractivity contribution in [3.05, 3.63) is 66.1 Å². The minimum atomic E-state index is -4.42. The number of carbonyl (C=O) groups excluding carboxylic acids is 1. The molecule has 2 aromatic heterocycles. The predicted octanol–water partition coefficient (Wildman–Crippen LogP) is 4.17. The predicted molar refractivity (Wildman–Crippen MR) is 93.6 cm³/mol. The largest absolute Gasteiger partial charge is 0.483 e. The summed E-state index contributed by atoms with van der Waals surface area (Å²) in [5, 5.41) is 6.47. The van der Waals surface area contributed by atoms with E-state index in [2.05, 4.69) is 20.2 Å². The monoisotopic (exact) mass is 391 g/mol. The van der Waals surface area contributed by atoms with Gasteiger partial charge in [-0.3, -0.25) is 9.78 Å². The van der Waals surface area contributed by atoms with Crippen LogP contribution in [0, 0.1) is 0 Å². The molecule has 3 aromatic rings. The van der Waals surface area contributed by atoms with Crippen molar-refractivity contribution in [2.75, 3.05) is 6.61 Å². The molecule has 1 N–H and O–H groups in total. The molecule has 1 atom stereocenters. The first-order chi connectivity index (χ1) is 13.3. The van der Waals surface area contributed by atoms with Crippen molar-refractivity contribution in [1.82, 2.24) is 15.5 Å². The van der Waals surface area contributed by atoms with E-state index in [0.29, 0.717) is 11.5 Å². The van der Waals surface area contributed by atoms with Gasteiger partial charge in [-0.1, -0.05) is 35.5 Å². The number of halogens is 3. The lowest BCUT2D eigenvalue weighted by molar-refractivity contribution is -0.153. The molecule has 0 radical (unpaired) electrons. The van der Waals surface area contributed by atoms with Crippen LogP contribution in [0.2, 0.25) is 0 Å². The van der Waals surface area contributed by atoms with Gasteiger partial charge in [-0.15, -0.1) is 0 Å². The Morgan fingerprint density at radius 3 is 2.61 bits per heavy atom. The van der Waals surface area contributed by atoms with Crippen LogP contribution in [0.4, 0.5) is 13.2 Å². The standard InChI is InChI=1S/C19H16F3N3O3/c1-12(15-8-7-14(10-23-15)27-11-19(20,21)22)24-18(26)16-9-17(28-25-16)13-5-3-2-4-6-13/h2-10,12H,11H2,1H3,(H,24,26)/t12-/m1/s1. The van der Waals surface area contributed by atoms with Gasteiger partial charge >= 0.3 is 6.18 Å². The summed E-state index contributed by atoms with van der Waals surface area (Å²) in [7, 11) is 0. The fraction of sp³-hybridized carbons (Fsp3) is 0.211. The summed E-state index contributed by atoms with van der Waals surface area (Å²) < 4.78 is 46.3. The third-order valence-electron chi connectivity index (χ3n) is 3.75. The van der Waals surface area contributed by atoms with Crippen molar-refractivity contribution in [3.63, 3.8) is 0 Å². The molecule has 6 nitrogen and oxygen atoms in total. The molecule has 28 heavy (non-hydrogen) atoms. The average Bonchev–Trinajstić information content (AvgIpc) is 3.17. The topological polar surface area (TPSA) is 77.2 Å². The zero-order valence-corrected chi connectivity index (χ0v) is 14.7. The van der Waals surface area contributed by atoms with Crippen LogP contribution in [-0.2, 0) is 0 Å². The smallest absolute Gasteiger partial charge is 0.422 e. The third kappa shape index (κ3) is 5.09. The summed E-state index contributed by atoms with van der Waals surface area (Å²) in [4.78, 5) is 16.4. The van der Waals surface area contributed by atoms with E-state index in [1.165, 1.54) is 24.4 Å².